The summed E-state index contributed by atoms with van der Waals surface area (Å²) in [6.45, 7) is 3.84. The Morgan fingerprint density at radius 1 is 1.00 bits per heavy atom. The van der Waals surface area contributed by atoms with Gasteiger partial charge in [0.25, 0.3) is 0 Å². The highest BCUT2D eigenvalue weighted by atomic mass is 32.2. The number of nitrogens with one attached hydrogen (secondary N) is 2. The fourth-order valence-corrected chi connectivity index (χ4v) is 3.06. The van der Waals surface area contributed by atoms with Crippen LogP contribution in [-0.2, 0) is 14.8 Å². The summed E-state index contributed by atoms with van der Waals surface area (Å²) >= 11 is 0. The molecule has 0 saturated carbocycles. The van der Waals surface area contributed by atoms with Gasteiger partial charge in [-0.05, 0) is 37.6 Å². The molecule has 0 heterocycles. The Labute approximate surface area is 136 Å². The summed E-state index contributed by atoms with van der Waals surface area (Å²) in [5, 5.41) is 2.77. The molecule has 122 valence electrons. The number of aryl methyl sites for hydroxylation is 2. The van der Waals surface area contributed by atoms with Crippen LogP contribution >= 0.6 is 0 Å². The van der Waals surface area contributed by atoms with Crippen LogP contribution in [0.1, 0.15) is 17.5 Å². The normalized spacial score (nSPS) is 11.2. The zero-order chi connectivity index (χ0) is 16.9. The van der Waals surface area contributed by atoms with Gasteiger partial charge >= 0.3 is 0 Å². The quantitative estimate of drug-likeness (QED) is 0.854. The number of para-hydroxylation sites is 1. The smallest absolute Gasteiger partial charge is 0.240 e. The van der Waals surface area contributed by atoms with Crippen LogP contribution in [0, 0.1) is 13.8 Å². The van der Waals surface area contributed by atoms with E-state index in [2.05, 4.69) is 10.0 Å². The van der Waals surface area contributed by atoms with Gasteiger partial charge < -0.3 is 5.32 Å². The maximum absolute atomic E-state index is 12.1. The van der Waals surface area contributed by atoms with Gasteiger partial charge in [-0.3, -0.25) is 4.79 Å². The molecule has 2 N–H and O–H groups in total. The molecule has 0 aliphatic rings. The molecule has 6 heteroatoms. The standard InChI is InChI=1S/C17H20N2O3S/c1-13-7-9-15(10-8-13)23(21,22)18-12-11-17(20)19-16-6-4-3-5-14(16)2/h3-10,18H,11-12H2,1-2H3,(H,19,20). The summed E-state index contributed by atoms with van der Waals surface area (Å²) in [4.78, 5) is 12.1. The molecule has 0 saturated heterocycles. The minimum atomic E-state index is -3.58. The van der Waals surface area contributed by atoms with E-state index in [1.165, 1.54) is 0 Å². The van der Waals surface area contributed by atoms with Gasteiger partial charge in [0.1, 0.15) is 0 Å². The first-order chi connectivity index (χ1) is 10.9. The molecule has 2 rings (SSSR count). The van der Waals surface area contributed by atoms with E-state index >= 15 is 0 Å². The number of carbonyl (C=O) groups is 1. The second-order valence-corrected chi connectivity index (χ2v) is 7.09. The third-order valence-electron chi connectivity index (χ3n) is 3.39. The van der Waals surface area contributed by atoms with Crippen molar-refractivity contribution in [3.8, 4) is 0 Å². The van der Waals surface area contributed by atoms with Crippen LogP contribution in [0.25, 0.3) is 0 Å². The number of sulfonamides is 1. The Bertz CT molecular complexity index is 784. The Hall–Kier alpha value is -2.18. The second-order valence-electron chi connectivity index (χ2n) is 5.32. The number of hydrogen-bond donors (Lipinski definition) is 2. The number of rotatable bonds is 6. The van der Waals surface area contributed by atoms with E-state index in [9.17, 15) is 13.2 Å². The van der Waals surface area contributed by atoms with Crippen molar-refractivity contribution in [2.45, 2.75) is 25.2 Å². The van der Waals surface area contributed by atoms with Crippen molar-refractivity contribution in [3.05, 3.63) is 59.7 Å². The first-order valence-electron chi connectivity index (χ1n) is 7.30. The minimum absolute atomic E-state index is 0.0495. The molecule has 2 aromatic rings. The number of amides is 1. The van der Waals surface area contributed by atoms with Crippen molar-refractivity contribution in [2.24, 2.45) is 0 Å². The second kappa shape index (κ2) is 7.39. The monoisotopic (exact) mass is 332 g/mol. The molecule has 1 amide bonds. The Balaban J connectivity index is 1.88. The number of anilines is 1. The lowest BCUT2D eigenvalue weighted by atomic mass is 10.2. The molecule has 23 heavy (non-hydrogen) atoms. The number of benzene rings is 2. The van der Waals surface area contributed by atoms with Crippen molar-refractivity contribution in [1.29, 1.82) is 0 Å². The molecular formula is C17H20N2O3S. The maximum atomic E-state index is 12.1. The predicted molar refractivity (Wildman–Crippen MR) is 90.8 cm³/mol. The van der Waals surface area contributed by atoms with E-state index in [0.29, 0.717) is 0 Å². The van der Waals surface area contributed by atoms with Crippen LogP contribution in [0.3, 0.4) is 0 Å². The van der Waals surface area contributed by atoms with E-state index in [-0.39, 0.29) is 23.8 Å². The van der Waals surface area contributed by atoms with Crippen LogP contribution in [-0.4, -0.2) is 20.9 Å². The van der Waals surface area contributed by atoms with Crippen molar-refractivity contribution < 1.29 is 13.2 Å². The van der Waals surface area contributed by atoms with Crippen molar-refractivity contribution >= 4 is 21.6 Å². The number of carbonyl (C=O) groups excluding carboxylic acids is 1. The van der Waals surface area contributed by atoms with Gasteiger partial charge in [-0.2, -0.15) is 0 Å². The molecule has 0 bridgehead atoms. The topological polar surface area (TPSA) is 75.3 Å². The highest BCUT2D eigenvalue weighted by Gasteiger charge is 2.14. The van der Waals surface area contributed by atoms with Crippen molar-refractivity contribution in [3.63, 3.8) is 0 Å². The summed E-state index contributed by atoms with van der Waals surface area (Å²) in [6, 6.07) is 14.0. The van der Waals surface area contributed by atoms with E-state index in [4.69, 9.17) is 0 Å². The van der Waals surface area contributed by atoms with Crippen LogP contribution in [0.15, 0.2) is 53.4 Å². The lowest BCUT2D eigenvalue weighted by molar-refractivity contribution is -0.116. The number of hydrogen-bond acceptors (Lipinski definition) is 3. The SMILES string of the molecule is Cc1ccc(S(=O)(=O)NCCC(=O)Nc2ccccc2C)cc1. The van der Waals surface area contributed by atoms with Gasteiger partial charge in [0.2, 0.25) is 15.9 Å². The lowest BCUT2D eigenvalue weighted by Gasteiger charge is -2.09. The van der Waals surface area contributed by atoms with Gasteiger partial charge in [-0.15, -0.1) is 0 Å². The zero-order valence-corrected chi connectivity index (χ0v) is 14.0. The van der Waals surface area contributed by atoms with Crippen LogP contribution in [0.5, 0.6) is 0 Å². The fourth-order valence-electron chi connectivity index (χ4n) is 2.03. The molecule has 0 unspecified atom stereocenters. The van der Waals surface area contributed by atoms with Crippen molar-refractivity contribution in [2.75, 3.05) is 11.9 Å². The largest absolute Gasteiger partial charge is 0.326 e. The van der Waals surface area contributed by atoms with Gasteiger partial charge in [0.05, 0.1) is 4.90 Å². The molecule has 0 aliphatic heterocycles. The van der Waals surface area contributed by atoms with Gasteiger partial charge in [-0.1, -0.05) is 35.9 Å². The molecule has 0 atom stereocenters. The Kier molecular flexibility index (Phi) is 5.52. The Morgan fingerprint density at radius 2 is 1.65 bits per heavy atom. The highest BCUT2D eigenvalue weighted by Crippen LogP contribution is 2.13. The summed E-state index contributed by atoms with van der Waals surface area (Å²) in [5.74, 6) is -0.231. The molecule has 0 radical (unpaired) electrons. The summed E-state index contributed by atoms with van der Waals surface area (Å²) in [5.41, 5.74) is 2.68. The average Bonchev–Trinajstić information content (AvgIpc) is 2.50. The lowest BCUT2D eigenvalue weighted by Crippen LogP contribution is -2.27. The average molecular weight is 332 g/mol. The van der Waals surface area contributed by atoms with E-state index in [1.807, 2.05) is 38.1 Å². The summed E-state index contributed by atoms with van der Waals surface area (Å²) in [7, 11) is -3.58. The third-order valence-corrected chi connectivity index (χ3v) is 4.87. The minimum Gasteiger partial charge on any atom is -0.326 e. The van der Waals surface area contributed by atoms with E-state index in [0.717, 1.165) is 16.8 Å². The molecule has 0 aliphatic carbocycles. The third kappa shape index (κ3) is 4.91. The van der Waals surface area contributed by atoms with Crippen LogP contribution in [0.4, 0.5) is 5.69 Å². The van der Waals surface area contributed by atoms with Gasteiger partial charge in [0.15, 0.2) is 0 Å². The summed E-state index contributed by atoms with van der Waals surface area (Å²) < 4.78 is 26.6. The summed E-state index contributed by atoms with van der Waals surface area (Å²) in [6.07, 6.45) is 0.0689. The molecule has 0 fully saturated rings. The highest BCUT2D eigenvalue weighted by molar-refractivity contribution is 7.89. The maximum Gasteiger partial charge on any atom is 0.240 e. The zero-order valence-electron chi connectivity index (χ0n) is 13.2. The molecule has 0 spiro atoms. The molecular weight excluding hydrogens is 312 g/mol. The Morgan fingerprint density at radius 3 is 2.30 bits per heavy atom. The first-order valence-corrected chi connectivity index (χ1v) is 8.78. The molecule has 2 aromatic carbocycles. The van der Waals surface area contributed by atoms with E-state index in [1.54, 1.807) is 24.3 Å². The van der Waals surface area contributed by atoms with Crippen LogP contribution in [0.2, 0.25) is 0 Å². The fraction of sp³-hybridized carbons (Fsp3) is 0.235. The van der Waals surface area contributed by atoms with Gasteiger partial charge in [0, 0.05) is 18.7 Å². The predicted octanol–water partition coefficient (Wildman–Crippen LogP) is 2.61. The molecule has 0 aromatic heterocycles. The van der Waals surface area contributed by atoms with Crippen molar-refractivity contribution in [1.82, 2.24) is 4.72 Å². The van der Waals surface area contributed by atoms with Gasteiger partial charge in [-0.25, -0.2) is 13.1 Å². The van der Waals surface area contributed by atoms with Crippen LogP contribution < -0.4 is 10.0 Å². The molecule has 5 nitrogen and oxygen atoms in total. The van der Waals surface area contributed by atoms with E-state index < -0.39 is 10.0 Å². The first kappa shape index (κ1) is 17.2.